The minimum absolute atomic E-state index is 0.00882. The molecule has 0 spiro atoms. The van der Waals surface area contributed by atoms with E-state index in [-0.39, 0.29) is 25.7 Å². The topological polar surface area (TPSA) is 237 Å². The van der Waals surface area contributed by atoms with Gasteiger partial charge in [-0.2, -0.15) is 0 Å². The number of carbonyl (C=O) groups excluding carboxylic acids is 4. The minimum Gasteiger partial charge on any atom is -0.462 e. The van der Waals surface area contributed by atoms with E-state index < -0.39 is 97.5 Å². The highest BCUT2D eigenvalue weighted by Gasteiger charge is 2.30. The number of phosphoric ester groups is 2. The minimum atomic E-state index is -5.03. The van der Waals surface area contributed by atoms with Gasteiger partial charge in [-0.1, -0.05) is 286 Å². The first-order valence-corrected chi connectivity index (χ1v) is 42.7. The van der Waals surface area contributed by atoms with E-state index in [9.17, 15) is 43.2 Å². The van der Waals surface area contributed by atoms with E-state index in [1.165, 1.54) is 25.7 Å². The van der Waals surface area contributed by atoms with Gasteiger partial charge in [0.05, 0.1) is 32.8 Å². The lowest BCUT2D eigenvalue weighted by Gasteiger charge is -2.21. The van der Waals surface area contributed by atoms with Gasteiger partial charge in [0.1, 0.15) is 19.3 Å². The number of esters is 4. The standard InChI is InChI=1S/C87H138O17P2/c1-5-9-13-17-21-25-29-33-36-38-40-42-45-48-51-55-59-63-67-71-84(89)97-77-82(103-86(91)73-69-65-61-57-53-47-32-28-24-20-16-12-8-4)79-101-105(93,94)99-75-81(88)76-100-106(95,96)102-80-83(104-87(92)74-70-66-62-58-54-50-44-35-31-27-23-19-15-11-7-3)78-98-85(90)72-68-64-60-56-52-49-46-43-41-39-37-34-30-26-22-18-14-10-6-2/h9-11,13-15,21-23,25-28,32-37,40-44,49,52,54,58,60,64,66,70,81-83,88H,5-8,12,16-20,24,29-31,38-39,45-48,50-51,53,55-57,59,61-63,65,67-69,71-80H2,1-4H3,(H,93,94)(H,95,96)/b13-9-,14-10-,15-11-,25-21-,26-22-,27-23-,32-28-,36-33-,37-34-,42-40-,43-41-,44-35-,52-49-,58-54-,64-60-,70-66-. The lowest BCUT2D eigenvalue weighted by atomic mass is 10.1. The van der Waals surface area contributed by atoms with E-state index in [4.69, 9.17) is 37.0 Å². The summed E-state index contributed by atoms with van der Waals surface area (Å²) in [4.78, 5) is 72.9. The summed E-state index contributed by atoms with van der Waals surface area (Å²) in [5.74, 6) is -2.47. The van der Waals surface area contributed by atoms with Crippen molar-refractivity contribution in [2.45, 2.75) is 290 Å². The van der Waals surface area contributed by atoms with Gasteiger partial charge in [-0.05, 0) is 154 Å². The van der Waals surface area contributed by atoms with Crippen LogP contribution in [0.25, 0.3) is 0 Å². The molecule has 0 aromatic carbocycles. The van der Waals surface area contributed by atoms with Crippen molar-refractivity contribution < 1.29 is 80.2 Å². The summed E-state index contributed by atoms with van der Waals surface area (Å²) in [6.07, 6.45) is 94.6. The largest absolute Gasteiger partial charge is 0.472 e. The zero-order chi connectivity index (χ0) is 77.4. The second-order valence-electron chi connectivity index (χ2n) is 25.5. The Morgan fingerprint density at radius 3 is 0.906 bits per heavy atom. The molecule has 106 heavy (non-hydrogen) atoms. The smallest absolute Gasteiger partial charge is 0.462 e. The van der Waals surface area contributed by atoms with Crippen LogP contribution in [0.15, 0.2) is 194 Å². The molecule has 0 aromatic heterocycles. The van der Waals surface area contributed by atoms with Crippen LogP contribution < -0.4 is 0 Å². The quantitative estimate of drug-likeness (QED) is 0.0169. The number of phosphoric acid groups is 2. The summed E-state index contributed by atoms with van der Waals surface area (Å²) < 4.78 is 68.3. The third-order valence-electron chi connectivity index (χ3n) is 15.6. The van der Waals surface area contributed by atoms with E-state index in [0.29, 0.717) is 32.1 Å². The second kappa shape index (κ2) is 77.1. The van der Waals surface area contributed by atoms with E-state index in [1.54, 1.807) is 12.2 Å². The maximum atomic E-state index is 13.1. The van der Waals surface area contributed by atoms with Gasteiger partial charge in [0.2, 0.25) is 0 Å². The SMILES string of the molecule is CC/C=C\C/C=C\C/C=C\C/C=C\C/C=C\C/C=C\CCC(=O)OCC(COP(=O)(O)OCC(O)COP(=O)(O)OCC(COC(=O)CCCCCCCC/C=C\C/C=C\C/C=C\C/C=C\CC)OC(=O)CCCCCCC/C=C\CCCCCC)OC(=O)C/C=C\C/C=C\C/C=C\C/C=C\C/C=C\CC. The average molecular weight is 1520 g/mol. The van der Waals surface area contributed by atoms with Gasteiger partial charge in [-0.25, -0.2) is 9.13 Å². The number of allylic oxidation sites excluding steroid dienone is 31. The monoisotopic (exact) mass is 1520 g/mol. The van der Waals surface area contributed by atoms with Crippen LogP contribution in [0.1, 0.15) is 272 Å². The summed E-state index contributed by atoms with van der Waals surface area (Å²) in [5.41, 5.74) is 0. The highest BCUT2D eigenvalue weighted by molar-refractivity contribution is 7.47. The van der Waals surface area contributed by atoms with Crippen molar-refractivity contribution in [3.8, 4) is 0 Å². The Morgan fingerprint density at radius 1 is 0.283 bits per heavy atom. The molecule has 17 nitrogen and oxygen atoms in total. The van der Waals surface area contributed by atoms with Gasteiger partial charge in [-0.15, -0.1) is 0 Å². The number of hydrogen-bond acceptors (Lipinski definition) is 15. The van der Waals surface area contributed by atoms with Crippen molar-refractivity contribution in [3.63, 3.8) is 0 Å². The predicted molar refractivity (Wildman–Crippen MR) is 436 cm³/mol. The molecule has 5 atom stereocenters. The summed E-state index contributed by atoms with van der Waals surface area (Å²) in [6.45, 7) is 4.26. The first-order valence-electron chi connectivity index (χ1n) is 39.7. The zero-order valence-electron chi connectivity index (χ0n) is 65.3. The fourth-order valence-corrected chi connectivity index (χ4v) is 11.2. The predicted octanol–water partition coefficient (Wildman–Crippen LogP) is 23.3. The van der Waals surface area contributed by atoms with Gasteiger partial charge in [0.25, 0.3) is 0 Å². The molecule has 0 rings (SSSR count). The lowest BCUT2D eigenvalue weighted by Crippen LogP contribution is -2.30. The van der Waals surface area contributed by atoms with Crippen LogP contribution >= 0.6 is 15.6 Å². The molecule has 0 aliphatic rings. The van der Waals surface area contributed by atoms with E-state index in [0.717, 1.165) is 161 Å². The van der Waals surface area contributed by atoms with Crippen molar-refractivity contribution >= 4 is 39.5 Å². The van der Waals surface area contributed by atoms with Gasteiger partial charge in [0.15, 0.2) is 12.2 Å². The van der Waals surface area contributed by atoms with Crippen LogP contribution in [0, 0.1) is 0 Å². The fourth-order valence-electron chi connectivity index (χ4n) is 9.66. The van der Waals surface area contributed by atoms with Crippen LogP contribution in [0.4, 0.5) is 0 Å². The molecule has 0 fully saturated rings. The first kappa shape index (κ1) is 99.9. The molecule has 0 saturated carbocycles. The third kappa shape index (κ3) is 76.1. The second-order valence-corrected chi connectivity index (χ2v) is 28.4. The Labute approximate surface area is 640 Å². The van der Waals surface area contributed by atoms with Crippen LogP contribution in [-0.2, 0) is 65.4 Å². The highest BCUT2D eigenvalue weighted by atomic mass is 31.2. The Balaban J connectivity index is 5.51. The number of hydrogen-bond donors (Lipinski definition) is 3. The molecule has 0 amide bonds. The fraction of sp³-hybridized carbons (Fsp3) is 0.586. The van der Waals surface area contributed by atoms with Gasteiger partial charge >= 0.3 is 39.5 Å². The molecule has 598 valence electrons. The van der Waals surface area contributed by atoms with E-state index >= 15 is 0 Å². The summed E-state index contributed by atoms with van der Waals surface area (Å²) in [6, 6.07) is 0. The molecular formula is C87H138O17P2. The zero-order valence-corrected chi connectivity index (χ0v) is 67.1. The first-order chi connectivity index (χ1) is 51.7. The summed E-state index contributed by atoms with van der Waals surface area (Å²) in [5, 5.41) is 10.6. The number of ether oxygens (including phenoxy) is 4. The number of aliphatic hydroxyl groups is 1. The van der Waals surface area contributed by atoms with Crippen LogP contribution in [-0.4, -0.2) is 96.7 Å². The van der Waals surface area contributed by atoms with E-state index in [2.05, 4.69) is 180 Å². The molecule has 0 saturated heterocycles. The average Bonchev–Trinajstić information content (AvgIpc) is 0.933. The molecule has 0 aliphatic heterocycles. The molecule has 0 radical (unpaired) electrons. The molecule has 5 unspecified atom stereocenters. The normalized spacial score (nSPS) is 14.9. The third-order valence-corrected chi connectivity index (χ3v) is 17.5. The van der Waals surface area contributed by atoms with Gasteiger partial charge in [0, 0.05) is 19.3 Å². The van der Waals surface area contributed by atoms with Crippen molar-refractivity contribution in [1.29, 1.82) is 0 Å². The molecule has 19 heteroatoms. The maximum absolute atomic E-state index is 13.1. The molecule has 3 N–H and O–H groups in total. The van der Waals surface area contributed by atoms with Gasteiger partial charge in [-0.3, -0.25) is 37.3 Å². The molecule has 0 bridgehead atoms. The Bertz CT molecular complexity index is 2780. The van der Waals surface area contributed by atoms with Crippen LogP contribution in [0.5, 0.6) is 0 Å². The Morgan fingerprint density at radius 2 is 0.547 bits per heavy atom. The molecular weight excluding hydrogens is 1380 g/mol. The molecule has 0 aliphatic carbocycles. The summed E-state index contributed by atoms with van der Waals surface area (Å²) >= 11 is 0. The van der Waals surface area contributed by atoms with Gasteiger partial charge < -0.3 is 33.8 Å². The Hall–Kier alpha value is -6.10. The number of unbranched alkanes of at least 4 members (excludes halogenated alkanes) is 15. The van der Waals surface area contributed by atoms with Crippen LogP contribution in [0.2, 0.25) is 0 Å². The van der Waals surface area contributed by atoms with Crippen molar-refractivity contribution in [2.24, 2.45) is 0 Å². The maximum Gasteiger partial charge on any atom is 0.472 e. The summed E-state index contributed by atoms with van der Waals surface area (Å²) in [7, 11) is -10.0. The molecule has 0 aromatic rings. The van der Waals surface area contributed by atoms with E-state index in [1.807, 2.05) is 30.4 Å². The van der Waals surface area contributed by atoms with Crippen molar-refractivity contribution in [2.75, 3.05) is 39.6 Å². The van der Waals surface area contributed by atoms with Crippen molar-refractivity contribution in [3.05, 3.63) is 194 Å². The number of aliphatic hydroxyl groups excluding tert-OH is 1. The number of rotatable bonds is 72. The molecule has 0 heterocycles. The van der Waals surface area contributed by atoms with Crippen LogP contribution in [0.3, 0.4) is 0 Å². The number of carbonyl (C=O) groups is 4. The lowest BCUT2D eigenvalue weighted by molar-refractivity contribution is -0.161. The highest BCUT2D eigenvalue weighted by Crippen LogP contribution is 2.45. The Kier molecular flexibility index (Phi) is 72.6. The van der Waals surface area contributed by atoms with Crippen molar-refractivity contribution in [1.82, 2.24) is 0 Å².